The van der Waals surface area contributed by atoms with Crippen molar-refractivity contribution in [3.63, 3.8) is 0 Å². The highest BCUT2D eigenvalue weighted by Gasteiger charge is 2.32. The number of benzene rings is 1. The number of piperidine rings is 1. The minimum atomic E-state index is -3.50. The van der Waals surface area contributed by atoms with Crippen LogP contribution >= 0.6 is 11.3 Å². The summed E-state index contributed by atoms with van der Waals surface area (Å²) in [5, 5.41) is 6.26. The van der Waals surface area contributed by atoms with Gasteiger partial charge >= 0.3 is 0 Å². The van der Waals surface area contributed by atoms with E-state index in [4.69, 9.17) is 0 Å². The lowest BCUT2D eigenvalue weighted by atomic mass is 9.92. The van der Waals surface area contributed by atoms with Crippen LogP contribution in [0.5, 0.6) is 0 Å². The number of aromatic nitrogens is 1. The molecule has 32 heavy (non-hydrogen) atoms. The molecular formula is C24H33N3O3S2. The molecule has 4 rings (SSSR count). The molecule has 8 heteroatoms. The first-order valence-corrected chi connectivity index (χ1v) is 14.1. The van der Waals surface area contributed by atoms with Gasteiger partial charge < -0.3 is 5.32 Å². The molecule has 2 aromatic rings. The van der Waals surface area contributed by atoms with Gasteiger partial charge in [0.2, 0.25) is 15.9 Å². The van der Waals surface area contributed by atoms with Crippen LogP contribution in [-0.2, 0) is 34.1 Å². The van der Waals surface area contributed by atoms with Crippen LogP contribution in [0.3, 0.4) is 0 Å². The second-order valence-corrected chi connectivity index (χ2v) is 11.8. The minimum absolute atomic E-state index is 0.0564. The Hall–Kier alpha value is -1.77. The van der Waals surface area contributed by atoms with Crippen LogP contribution in [-0.4, -0.2) is 43.2 Å². The van der Waals surface area contributed by atoms with Gasteiger partial charge in [0.1, 0.15) is 0 Å². The molecule has 0 radical (unpaired) electrons. The first-order valence-electron chi connectivity index (χ1n) is 11.7. The third-order valence-corrected chi connectivity index (χ3v) is 9.49. The van der Waals surface area contributed by atoms with Crippen molar-refractivity contribution in [1.29, 1.82) is 0 Å². The largest absolute Gasteiger partial charge is 0.356 e. The van der Waals surface area contributed by atoms with Crippen molar-refractivity contribution in [2.24, 2.45) is 5.92 Å². The van der Waals surface area contributed by atoms with Crippen LogP contribution < -0.4 is 5.32 Å². The van der Waals surface area contributed by atoms with E-state index < -0.39 is 10.0 Å². The molecule has 1 aromatic heterocycles. The molecule has 174 valence electrons. The third kappa shape index (κ3) is 5.58. The third-order valence-electron chi connectivity index (χ3n) is 6.57. The molecule has 1 N–H and O–H groups in total. The Bertz CT molecular complexity index is 1040. The van der Waals surface area contributed by atoms with E-state index in [1.165, 1.54) is 17.5 Å². The van der Waals surface area contributed by atoms with Gasteiger partial charge in [-0.1, -0.05) is 6.07 Å². The molecular weight excluding hydrogens is 442 g/mol. The van der Waals surface area contributed by atoms with Crippen LogP contribution in [0.4, 0.5) is 0 Å². The van der Waals surface area contributed by atoms with Gasteiger partial charge in [0.15, 0.2) is 0 Å². The number of thiazole rings is 1. The Labute approximate surface area is 195 Å². The minimum Gasteiger partial charge on any atom is -0.356 e. The lowest BCUT2D eigenvalue weighted by molar-refractivity contribution is -0.126. The van der Waals surface area contributed by atoms with Crippen molar-refractivity contribution in [3.05, 3.63) is 45.4 Å². The van der Waals surface area contributed by atoms with Crippen molar-refractivity contribution in [1.82, 2.24) is 14.6 Å². The van der Waals surface area contributed by atoms with E-state index in [2.05, 4.69) is 15.7 Å². The maximum atomic E-state index is 13.1. The van der Waals surface area contributed by atoms with Crippen LogP contribution in [0.1, 0.15) is 60.4 Å². The number of sulfonamides is 1. The Morgan fingerprint density at radius 1 is 1.16 bits per heavy atom. The van der Waals surface area contributed by atoms with E-state index >= 15 is 0 Å². The monoisotopic (exact) mass is 475 g/mol. The number of unbranched alkanes of at least 4 members (excludes halogenated alkanes) is 1. The number of aryl methyl sites for hydroxylation is 4. The highest BCUT2D eigenvalue weighted by Crippen LogP contribution is 2.28. The van der Waals surface area contributed by atoms with Gasteiger partial charge in [0.25, 0.3) is 0 Å². The zero-order chi connectivity index (χ0) is 22.6. The molecule has 1 saturated heterocycles. The first-order chi connectivity index (χ1) is 15.4. The molecule has 2 heterocycles. The Kier molecular flexibility index (Phi) is 7.63. The van der Waals surface area contributed by atoms with Gasteiger partial charge in [-0.15, -0.1) is 11.3 Å². The average molecular weight is 476 g/mol. The normalized spacial score (nSPS) is 17.8. The summed E-state index contributed by atoms with van der Waals surface area (Å²) in [7, 11) is -3.50. The summed E-state index contributed by atoms with van der Waals surface area (Å²) >= 11 is 1.69. The van der Waals surface area contributed by atoms with Crippen LogP contribution in [0.2, 0.25) is 0 Å². The van der Waals surface area contributed by atoms with E-state index in [0.717, 1.165) is 49.2 Å². The summed E-state index contributed by atoms with van der Waals surface area (Å²) in [4.78, 5) is 17.4. The number of carbonyl (C=O) groups excluding carboxylic acids is 1. The van der Waals surface area contributed by atoms with E-state index in [-0.39, 0.29) is 11.8 Å². The molecule has 0 unspecified atom stereocenters. The summed E-state index contributed by atoms with van der Waals surface area (Å²) in [5.41, 5.74) is 3.53. The average Bonchev–Trinajstić information content (AvgIpc) is 3.23. The predicted molar refractivity (Wildman–Crippen MR) is 127 cm³/mol. The van der Waals surface area contributed by atoms with Gasteiger partial charge in [-0.3, -0.25) is 4.79 Å². The zero-order valence-corrected chi connectivity index (χ0v) is 20.4. The summed E-state index contributed by atoms with van der Waals surface area (Å²) in [6, 6.07) is 5.61. The van der Waals surface area contributed by atoms with Crippen molar-refractivity contribution in [2.45, 2.75) is 69.6 Å². The van der Waals surface area contributed by atoms with Gasteiger partial charge in [-0.05, 0) is 88.0 Å². The van der Waals surface area contributed by atoms with Gasteiger partial charge in [-0.2, -0.15) is 4.31 Å². The van der Waals surface area contributed by atoms with Crippen molar-refractivity contribution in [2.75, 3.05) is 19.6 Å². The fraction of sp³-hybridized carbons (Fsp3) is 0.583. The topological polar surface area (TPSA) is 79.4 Å². The number of nitrogens with one attached hydrogen (secondary N) is 1. The van der Waals surface area contributed by atoms with Crippen molar-refractivity contribution >= 4 is 27.3 Å². The van der Waals surface area contributed by atoms with Gasteiger partial charge in [0, 0.05) is 36.6 Å². The summed E-state index contributed by atoms with van der Waals surface area (Å²) in [6.07, 6.45) is 8.35. The van der Waals surface area contributed by atoms with Crippen LogP contribution in [0.25, 0.3) is 0 Å². The van der Waals surface area contributed by atoms with E-state index in [0.29, 0.717) is 37.4 Å². The second kappa shape index (κ2) is 10.4. The Morgan fingerprint density at radius 2 is 1.91 bits per heavy atom. The summed E-state index contributed by atoms with van der Waals surface area (Å²) in [5.74, 6) is -0.0486. The summed E-state index contributed by atoms with van der Waals surface area (Å²) < 4.78 is 27.8. The van der Waals surface area contributed by atoms with Crippen LogP contribution in [0, 0.1) is 12.8 Å². The molecule has 1 aliphatic carbocycles. The molecule has 1 aromatic carbocycles. The van der Waals surface area contributed by atoms with E-state index in [9.17, 15) is 13.2 Å². The highest BCUT2D eigenvalue weighted by atomic mass is 32.2. The number of rotatable bonds is 8. The predicted octanol–water partition coefficient (Wildman–Crippen LogP) is 3.87. The Balaban J connectivity index is 1.22. The molecule has 0 atom stereocenters. The van der Waals surface area contributed by atoms with E-state index in [1.54, 1.807) is 21.7 Å². The van der Waals surface area contributed by atoms with Gasteiger partial charge in [-0.25, -0.2) is 13.4 Å². The van der Waals surface area contributed by atoms with Crippen LogP contribution in [0.15, 0.2) is 28.5 Å². The quantitative estimate of drug-likeness (QED) is 0.588. The highest BCUT2D eigenvalue weighted by molar-refractivity contribution is 7.89. The first kappa shape index (κ1) is 23.4. The Morgan fingerprint density at radius 3 is 2.62 bits per heavy atom. The van der Waals surface area contributed by atoms with E-state index in [1.807, 2.05) is 19.1 Å². The maximum Gasteiger partial charge on any atom is 0.243 e. The lowest BCUT2D eigenvalue weighted by Crippen LogP contribution is -2.43. The summed E-state index contributed by atoms with van der Waals surface area (Å²) in [6.45, 7) is 3.47. The SMILES string of the molecule is Cc1csc(CCCCNC(=O)C2CCN(S(=O)(=O)c3ccc4c(c3)CCCC4)CC2)n1. The standard InChI is InChI=1S/C24H33N3O3S2/c1-18-17-31-23(26-18)8-4-5-13-25-24(28)20-11-14-27(15-12-20)32(29,30)22-10-9-19-6-2-3-7-21(19)16-22/h9-10,16-17,20H,2-8,11-15H2,1H3,(H,25,28). The number of carbonyl (C=O) groups is 1. The molecule has 1 amide bonds. The smallest absolute Gasteiger partial charge is 0.243 e. The fourth-order valence-electron chi connectivity index (χ4n) is 4.65. The molecule has 1 fully saturated rings. The molecule has 0 spiro atoms. The fourth-order valence-corrected chi connectivity index (χ4v) is 6.99. The number of fused-ring (bicyclic) bond motifs is 1. The molecule has 0 bridgehead atoms. The zero-order valence-electron chi connectivity index (χ0n) is 18.8. The second-order valence-electron chi connectivity index (χ2n) is 8.95. The number of hydrogen-bond acceptors (Lipinski definition) is 5. The molecule has 1 aliphatic heterocycles. The molecule has 0 saturated carbocycles. The molecule has 6 nitrogen and oxygen atoms in total. The number of hydrogen-bond donors (Lipinski definition) is 1. The number of amides is 1. The van der Waals surface area contributed by atoms with Gasteiger partial charge in [0.05, 0.1) is 9.90 Å². The van der Waals surface area contributed by atoms with Crippen molar-refractivity contribution < 1.29 is 13.2 Å². The van der Waals surface area contributed by atoms with Crippen molar-refractivity contribution in [3.8, 4) is 0 Å². The maximum absolute atomic E-state index is 13.1. The lowest BCUT2D eigenvalue weighted by Gasteiger charge is -2.31. The number of nitrogens with zero attached hydrogens (tertiary/aromatic N) is 2. The molecule has 2 aliphatic rings.